The molecule has 1 spiro atoms. The molecule has 0 N–H and O–H groups in total. The molecule has 0 unspecified atom stereocenters. The maximum Gasteiger partial charge on any atom is 0.358 e. The van der Waals surface area contributed by atoms with Crippen LogP contribution in [0.5, 0.6) is 0 Å². The van der Waals surface area contributed by atoms with Crippen LogP contribution in [0.3, 0.4) is 0 Å². The lowest BCUT2D eigenvalue weighted by Gasteiger charge is -2.44. The van der Waals surface area contributed by atoms with Crippen LogP contribution in [-0.4, -0.2) is 48.2 Å². The average molecular weight is 295 g/mol. The van der Waals surface area contributed by atoms with E-state index in [-0.39, 0.29) is 5.97 Å². The van der Waals surface area contributed by atoms with Crippen molar-refractivity contribution in [1.29, 1.82) is 0 Å². The number of rotatable bonds is 1. The second-order valence-electron chi connectivity index (χ2n) is 5.66. The first kappa shape index (κ1) is 12.6. The highest BCUT2D eigenvalue weighted by molar-refractivity contribution is 6.30. The number of ether oxygens (including phenoxy) is 2. The molecule has 1 aromatic heterocycles. The van der Waals surface area contributed by atoms with Crippen molar-refractivity contribution in [3.63, 3.8) is 0 Å². The zero-order chi connectivity index (χ0) is 13.7. The van der Waals surface area contributed by atoms with Crippen LogP contribution in [0, 0.1) is 0 Å². The molecule has 0 aromatic carbocycles. The minimum absolute atomic E-state index is 0.322. The van der Waals surface area contributed by atoms with Gasteiger partial charge in [-0.1, -0.05) is 11.6 Å². The second kappa shape index (κ2) is 4.41. The number of carbonyl (C=O) groups excluding carboxylic acids is 1. The molecule has 2 fully saturated rings. The molecule has 20 heavy (non-hydrogen) atoms. The molecular formula is C14H15ClN2O3. The number of hydrogen-bond donors (Lipinski definition) is 0. The number of piperidine rings is 1. The lowest BCUT2D eigenvalue weighted by molar-refractivity contribution is -0.101. The van der Waals surface area contributed by atoms with E-state index in [2.05, 4.69) is 9.88 Å². The van der Waals surface area contributed by atoms with Crippen LogP contribution in [0.25, 0.3) is 0 Å². The van der Waals surface area contributed by atoms with Gasteiger partial charge in [-0.15, -0.1) is 0 Å². The van der Waals surface area contributed by atoms with Gasteiger partial charge in [-0.05, 0) is 6.07 Å². The highest BCUT2D eigenvalue weighted by atomic mass is 35.5. The molecule has 1 aromatic rings. The summed E-state index contributed by atoms with van der Waals surface area (Å²) in [7, 11) is 0. The SMILES string of the molecule is O=C1OC2(CCN(C3COC3)CC2)c2cc(Cl)cnc21. The van der Waals surface area contributed by atoms with E-state index >= 15 is 0 Å². The van der Waals surface area contributed by atoms with Crippen molar-refractivity contribution in [2.45, 2.75) is 24.5 Å². The van der Waals surface area contributed by atoms with Crippen LogP contribution < -0.4 is 0 Å². The Morgan fingerprint density at radius 3 is 2.75 bits per heavy atom. The van der Waals surface area contributed by atoms with E-state index < -0.39 is 5.60 Å². The number of aromatic nitrogens is 1. The van der Waals surface area contributed by atoms with Crippen LogP contribution in [-0.2, 0) is 15.1 Å². The molecule has 4 rings (SSSR count). The smallest absolute Gasteiger partial charge is 0.358 e. The van der Waals surface area contributed by atoms with Crippen molar-refractivity contribution in [2.24, 2.45) is 0 Å². The van der Waals surface area contributed by atoms with Gasteiger partial charge in [0.2, 0.25) is 0 Å². The summed E-state index contributed by atoms with van der Waals surface area (Å²) in [6, 6.07) is 2.36. The fourth-order valence-corrected chi connectivity index (χ4v) is 3.44. The van der Waals surface area contributed by atoms with Crippen molar-refractivity contribution in [3.05, 3.63) is 28.5 Å². The topological polar surface area (TPSA) is 51.7 Å². The van der Waals surface area contributed by atoms with Crippen molar-refractivity contribution >= 4 is 17.6 Å². The lowest BCUT2D eigenvalue weighted by atomic mass is 9.84. The van der Waals surface area contributed by atoms with Gasteiger partial charge in [0.05, 0.1) is 24.3 Å². The van der Waals surface area contributed by atoms with E-state index in [9.17, 15) is 4.79 Å². The predicted molar refractivity (Wildman–Crippen MR) is 71.8 cm³/mol. The Morgan fingerprint density at radius 1 is 1.35 bits per heavy atom. The Labute approximate surface area is 121 Å². The number of hydrogen-bond acceptors (Lipinski definition) is 5. The molecular weight excluding hydrogens is 280 g/mol. The summed E-state index contributed by atoms with van der Waals surface area (Å²) < 4.78 is 10.9. The molecule has 5 nitrogen and oxygen atoms in total. The predicted octanol–water partition coefficient (Wildman–Crippen LogP) is 1.60. The highest BCUT2D eigenvalue weighted by Gasteiger charge is 2.49. The Balaban J connectivity index is 1.61. The minimum Gasteiger partial charge on any atom is -0.449 e. The van der Waals surface area contributed by atoms with Crippen molar-refractivity contribution in [1.82, 2.24) is 9.88 Å². The van der Waals surface area contributed by atoms with Crippen LogP contribution in [0.15, 0.2) is 12.3 Å². The first-order valence-electron chi connectivity index (χ1n) is 6.89. The van der Waals surface area contributed by atoms with E-state index in [1.807, 2.05) is 6.07 Å². The summed E-state index contributed by atoms with van der Waals surface area (Å²) in [5.74, 6) is -0.322. The van der Waals surface area contributed by atoms with E-state index in [1.165, 1.54) is 6.20 Å². The summed E-state index contributed by atoms with van der Waals surface area (Å²) >= 11 is 6.03. The van der Waals surface area contributed by atoms with E-state index in [0.29, 0.717) is 16.8 Å². The van der Waals surface area contributed by atoms with Gasteiger partial charge in [-0.3, -0.25) is 4.90 Å². The van der Waals surface area contributed by atoms with Gasteiger partial charge in [0.1, 0.15) is 5.60 Å². The Kier molecular flexibility index (Phi) is 2.77. The summed E-state index contributed by atoms with van der Waals surface area (Å²) in [6.45, 7) is 3.45. The second-order valence-corrected chi connectivity index (χ2v) is 6.10. The number of carbonyl (C=O) groups is 1. The van der Waals surface area contributed by atoms with Crippen LogP contribution in [0.1, 0.15) is 28.9 Å². The molecule has 106 valence electrons. The minimum atomic E-state index is -0.522. The van der Waals surface area contributed by atoms with Crippen molar-refractivity contribution in [2.75, 3.05) is 26.3 Å². The summed E-state index contributed by atoms with van der Waals surface area (Å²) in [5.41, 5.74) is 0.764. The number of likely N-dealkylation sites (tertiary alicyclic amines) is 1. The third-order valence-electron chi connectivity index (χ3n) is 4.57. The largest absolute Gasteiger partial charge is 0.449 e. The van der Waals surface area contributed by atoms with Gasteiger partial charge in [0.25, 0.3) is 0 Å². The Morgan fingerprint density at radius 2 is 2.10 bits per heavy atom. The molecule has 0 radical (unpaired) electrons. The number of esters is 1. The molecule has 3 aliphatic heterocycles. The number of pyridine rings is 1. The molecule has 2 saturated heterocycles. The molecule has 0 atom stereocenters. The van der Waals surface area contributed by atoms with Gasteiger partial charge in [-0.25, -0.2) is 9.78 Å². The van der Waals surface area contributed by atoms with Crippen molar-refractivity contribution in [3.8, 4) is 0 Å². The molecule has 6 heteroatoms. The fraction of sp³-hybridized carbons (Fsp3) is 0.571. The summed E-state index contributed by atoms with van der Waals surface area (Å²) in [4.78, 5) is 18.5. The number of fused-ring (bicyclic) bond motifs is 2. The van der Waals surface area contributed by atoms with Gasteiger partial charge in [0, 0.05) is 37.7 Å². The molecule has 0 aliphatic carbocycles. The summed E-state index contributed by atoms with van der Waals surface area (Å²) in [6.07, 6.45) is 3.09. The average Bonchev–Trinajstić information content (AvgIpc) is 2.63. The Bertz CT molecular complexity index is 566. The van der Waals surface area contributed by atoms with Crippen molar-refractivity contribution < 1.29 is 14.3 Å². The zero-order valence-corrected chi connectivity index (χ0v) is 11.7. The van der Waals surface area contributed by atoms with Gasteiger partial charge in [0.15, 0.2) is 5.69 Å². The van der Waals surface area contributed by atoms with E-state index in [1.54, 1.807) is 0 Å². The standard InChI is InChI=1S/C14H15ClN2O3/c15-9-5-11-12(16-6-9)13(18)20-14(11)1-3-17(4-2-14)10-7-19-8-10/h5-6,10H,1-4,7-8H2. The zero-order valence-electron chi connectivity index (χ0n) is 11.0. The van der Waals surface area contributed by atoms with Crippen LogP contribution in [0.4, 0.5) is 0 Å². The molecule has 4 heterocycles. The van der Waals surface area contributed by atoms with Gasteiger partial charge in [-0.2, -0.15) is 0 Å². The number of halogens is 1. The first-order valence-corrected chi connectivity index (χ1v) is 7.27. The summed E-state index contributed by atoms with van der Waals surface area (Å²) in [5, 5.41) is 0.552. The van der Waals surface area contributed by atoms with E-state index in [0.717, 1.165) is 44.7 Å². The monoisotopic (exact) mass is 294 g/mol. The third kappa shape index (κ3) is 1.77. The third-order valence-corrected chi connectivity index (χ3v) is 4.78. The number of nitrogens with zero attached hydrogens (tertiary/aromatic N) is 2. The molecule has 0 saturated carbocycles. The van der Waals surface area contributed by atoms with Gasteiger partial charge >= 0.3 is 5.97 Å². The molecule has 0 bridgehead atoms. The maximum absolute atomic E-state index is 12.0. The molecule has 3 aliphatic rings. The fourth-order valence-electron chi connectivity index (χ4n) is 3.29. The van der Waals surface area contributed by atoms with Crippen LogP contribution in [0.2, 0.25) is 5.02 Å². The quantitative estimate of drug-likeness (QED) is 0.736. The highest BCUT2D eigenvalue weighted by Crippen LogP contribution is 2.44. The van der Waals surface area contributed by atoms with Gasteiger partial charge < -0.3 is 9.47 Å². The lowest BCUT2D eigenvalue weighted by Crippen LogP contribution is -2.54. The Hall–Kier alpha value is -1.17. The molecule has 0 amide bonds. The maximum atomic E-state index is 12.0. The normalized spacial score (nSPS) is 25.4. The first-order chi connectivity index (χ1) is 9.68. The van der Waals surface area contributed by atoms with E-state index in [4.69, 9.17) is 21.1 Å². The van der Waals surface area contributed by atoms with Crippen LogP contribution >= 0.6 is 11.6 Å².